The third-order valence-corrected chi connectivity index (χ3v) is 6.25. The summed E-state index contributed by atoms with van der Waals surface area (Å²) in [7, 11) is 0. The summed E-state index contributed by atoms with van der Waals surface area (Å²) in [6.07, 6.45) is 3.82. The predicted octanol–water partition coefficient (Wildman–Crippen LogP) is 5.55. The van der Waals surface area contributed by atoms with E-state index in [1.54, 1.807) is 16.3 Å². The lowest BCUT2D eigenvalue weighted by atomic mass is 10.2. The highest BCUT2D eigenvalue weighted by atomic mass is 35.5. The van der Waals surface area contributed by atoms with Crippen LogP contribution in [0, 0.1) is 0 Å². The Morgan fingerprint density at radius 3 is 2.82 bits per heavy atom. The van der Waals surface area contributed by atoms with Crippen LogP contribution in [0.3, 0.4) is 0 Å². The fourth-order valence-corrected chi connectivity index (χ4v) is 4.19. The van der Waals surface area contributed by atoms with Crippen molar-refractivity contribution in [3.63, 3.8) is 0 Å². The van der Waals surface area contributed by atoms with Gasteiger partial charge in [-0.15, -0.1) is 5.10 Å². The number of rotatable bonds is 5. The molecule has 0 fully saturated rings. The number of hydrogen-bond donors (Lipinski definition) is 0. The molecule has 6 nitrogen and oxygen atoms in total. The molecule has 2 aromatic carbocycles. The molecule has 0 atom stereocenters. The summed E-state index contributed by atoms with van der Waals surface area (Å²) in [5.74, 6) is 1.18. The summed E-state index contributed by atoms with van der Waals surface area (Å²) >= 11 is 9.04. The third-order valence-electron chi connectivity index (χ3n) is 4.10. The normalized spacial score (nSPS) is 11.5. The average molecular weight is 429 g/mol. The van der Waals surface area contributed by atoms with Crippen LogP contribution < -0.4 is 4.74 Å². The van der Waals surface area contributed by atoms with Crippen molar-refractivity contribution < 1.29 is 9.15 Å². The first-order valence-electron chi connectivity index (χ1n) is 8.36. The summed E-state index contributed by atoms with van der Waals surface area (Å²) in [4.78, 5) is 9.90. The van der Waals surface area contributed by atoms with Crippen LogP contribution in [0.15, 0.2) is 57.4 Å². The molecule has 0 bridgehead atoms. The van der Waals surface area contributed by atoms with Gasteiger partial charge in [-0.2, -0.15) is 0 Å². The standard InChI is InChI=1S/C19H13ClN4O2S2/c1-27-19-23-24-9-15(22-18(24)28-19)17-21-14-7-6-13(8-16(14)26-17)25-10-11-2-4-12(20)5-3-11/h2-9H,10H2,1H3. The van der Waals surface area contributed by atoms with Gasteiger partial charge in [0.15, 0.2) is 9.92 Å². The summed E-state index contributed by atoms with van der Waals surface area (Å²) in [6.45, 7) is 0.449. The second-order valence-corrected chi connectivity index (χ2v) is 8.43. The van der Waals surface area contributed by atoms with E-state index in [0.717, 1.165) is 20.4 Å². The van der Waals surface area contributed by atoms with Crippen LogP contribution >= 0.6 is 34.7 Å². The van der Waals surface area contributed by atoms with Gasteiger partial charge in [-0.3, -0.25) is 0 Å². The summed E-state index contributed by atoms with van der Waals surface area (Å²) in [5, 5.41) is 5.15. The highest BCUT2D eigenvalue weighted by molar-refractivity contribution is 8.00. The minimum Gasteiger partial charge on any atom is -0.489 e. The van der Waals surface area contributed by atoms with E-state index in [-0.39, 0.29) is 0 Å². The highest BCUT2D eigenvalue weighted by Gasteiger charge is 2.15. The van der Waals surface area contributed by atoms with Crippen LogP contribution in [0.2, 0.25) is 5.02 Å². The molecule has 28 heavy (non-hydrogen) atoms. The maximum absolute atomic E-state index is 5.91. The fraction of sp³-hybridized carbons (Fsp3) is 0.105. The van der Waals surface area contributed by atoms with E-state index in [2.05, 4.69) is 15.1 Å². The monoisotopic (exact) mass is 428 g/mol. The van der Waals surface area contributed by atoms with Gasteiger partial charge in [0.05, 0.1) is 6.20 Å². The number of hydrogen-bond acceptors (Lipinski definition) is 7. The smallest absolute Gasteiger partial charge is 0.247 e. The Hall–Kier alpha value is -2.55. The van der Waals surface area contributed by atoms with E-state index in [9.17, 15) is 0 Å². The molecule has 0 saturated heterocycles. The fourth-order valence-electron chi connectivity index (χ4n) is 2.72. The number of ether oxygens (including phenoxy) is 1. The lowest BCUT2D eigenvalue weighted by Crippen LogP contribution is -1.94. The van der Waals surface area contributed by atoms with Crippen molar-refractivity contribution in [2.45, 2.75) is 10.9 Å². The van der Waals surface area contributed by atoms with Gasteiger partial charge >= 0.3 is 0 Å². The molecule has 0 spiro atoms. The Morgan fingerprint density at radius 1 is 1.18 bits per heavy atom. The van der Waals surface area contributed by atoms with Crippen molar-refractivity contribution in [1.82, 2.24) is 19.6 Å². The van der Waals surface area contributed by atoms with Crippen LogP contribution in [-0.4, -0.2) is 25.8 Å². The average Bonchev–Trinajstić information content (AvgIpc) is 3.39. The molecule has 0 saturated carbocycles. The molecule has 0 N–H and O–H groups in total. The van der Waals surface area contributed by atoms with Gasteiger partial charge in [0.1, 0.15) is 23.6 Å². The highest BCUT2D eigenvalue weighted by Crippen LogP contribution is 2.29. The van der Waals surface area contributed by atoms with Gasteiger partial charge < -0.3 is 9.15 Å². The number of benzene rings is 2. The number of fused-ring (bicyclic) bond motifs is 2. The van der Waals surface area contributed by atoms with Gasteiger partial charge in [0.2, 0.25) is 10.9 Å². The van der Waals surface area contributed by atoms with Crippen LogP contribution in [0.4, 0.5) is 0 Å². The van der Waals surface area contributed by atoms with Crippen LogP contribution in [0.1, 0.15) is 5.56 Å². The number of imidazole rings is 1. The lowest BCUT2D eigenvalue weighted by Gasteiger charge is -2.05. The zero-order valence-corrected chi connectivity index (χ0v) is 17.0. The second-order valence-electron chi connectivity index (χ2n) is 5.99. The van der Waals surface area contributed by atoms with E-state index < -0.39 is 0 Å². The Balaban J connectivity index is 1.39. The first-order valence-corrected chi connectivity index (χ1v) is 10.8. The second kappa shape index (κ2) is 7.12. The van der Waals surface area contributed by atoms with Crippen molar-refractivity contribution in [2.24, 2.45) is 0 Å². The molecule has 0 aliphatic heterocycles. The van der Waals surface area contributed by atoms with Crippen LogP contribution in [0.25, 0.3) is 27.6 Å². The van der Waals surface area contributed by atoms with Gasteiger partial charge in [0.25, 0.3) is 0 Å². The van der Waals surface area contributed by atoms with Crippen molar-refractivity contribution in [3.8, 4) is 17.3 Å². The molecule has 3 aromatic heterocycles. The SMILES string of the molecule is CSc1nn2cc(-c3nc4ccc(OCc5ccc(Cl)cc5)cc4o3)nc2s1. The Morgan fingerprint density at radius 2 is 2.04 bits per heavy atom. The molecule has 9 heteroatoms. The maximum atomic E-state index is 5.91. The molecule has 0 aliphatic carbocycles. The quantitative estimate of drug-likeness (QED) is 0.342. The molecule has 5 aromatic rings. The zero-order valence-electron chi connectivity index (χ0n) is 14.6. The molecule has 140 valence electrons. The minimum atomic E-state index is 0.449. The Labute approximate surface area is 173 Å². The molecule has 0 unspecified atom stereocenters. The number of halogens is 1. The van der Waals surface area contributed by atoms with Gasteiger partial charge in [-0.25, -0.2) is 14.5 Å². The number of thioether (sulfide) groups is 1. The van der Waals surface area contributed by atoms with E-state index >= 15 is 0 Å². The molecular formula is C19H13ClN4O2S2. The molecular weight excluding hydrogens is 416 g/mol. The number of nitrogens with zero attached hydrogens (tertiary/aromatic N) is 4. The van der Waals surface area contributed by atoms with Crippen molar-refractivity contribution >= 4 is 50.8 Å². The van der Waals surface area contributed by atoms with E-state index in [1.165, 1.54) is 11.3 Å². The molecule has 0 radical (unpaired) electrons. The van der Waals surface area contributed by atoms with Gasteiger partial charge in [-0.1, -0.05) is 46.8 Å². The molecule has 0 amide bonds. The summed E-state index contributed by atoms with van der Waals surface area (Å²) in [5.41, 5.74) is 3.10. The van der Waals surface area contributed by atoms with E-state index in [1.807, 2.05) is 54.9 Å². The van der Waals surface area contributed by atoms with Crippen molar-refractivity contribution in [1.29, 1.82) is 0 Å². The van der Waals surface area contributed by atoms with Crippen molar-refractivity contribution in [2.75, 3.05) is 6.26 Å². The summed E-state index contributed by atoms with van der Waals surface area (Å²) < 4.78 is 14.5. The molecule has 0 aliphatic rings. The van der Waals surface area contributed by atoms with Gasteiger partial charge in [0, 0.05) is 11.1 Å². The lowest BCUT2D eigenvalue weighted by molar-refractivity contribution is 0.306. The maximum Gasteiger partial charge on any atom is 0.247 e. The predicted molar refractivity (Wildman–Crippen MR) is 111 cm³/mol. The van der Waals surface area contributed by atoms with Crippen LogP contribution in [-0.2, 0) is 6.61 Å². The van der Waals surface area contributed by atoms with E-state index in [0.29, 0.717) is 34.5 Å². The number of aromatic nitrogens is 4. The molecule has 3 heterocycles. The topological polar surface area (TPSA) is 65.5 Å². The third kappa shape index (κ3) is 3.34. The van der Waals surface area contributed by atoms with Crippen molar-refractivity contribution in [3.05, 3.63) is 59.2 Å². The Bertz CT molecular complexity index is 1250. The van der Waals surface area contributed by atoms with Gasteiger partial charge in [-0.05, 0) is 36.1 Å². The Kier molecular flexibility index (Phi) is 4.46. The zero-order chi connectivity index (χ0) is 19.1. The van der Waals surface area contributed by atoms with Crippen LogP contribution in [0.5, 0.6) is 5.75 Å². The molecule has 5 rings (SSSR count). The first-order chi connectivity index (χ1) is 13.7. The van der Waals surface area contributed by atoms with E-state index in [4.69, 9.17) is 20.8 Å². The number of oxazole rings is 1. The largest absolute Gasteiger partial charge is 0.489 e. The minimum absolute atomic E-state index is 0.449. The summed E-state index contributed by atoms with van der Waals surface area (Å²) in [6, 6.07) is 13.2. The first kappa shape index (κ1) is 17.5.